The molecular formula is C21H42N3O5P. The van der Waals surface area contributed by atoms with Crippen LogP contribution in [0, 0.1) is 17.8 Å². The summed E-state index contributed by atoms with van der Waals surface area (Å²) in [5.74, 6) is -3.04. The molecule has 0 spiro atoms. The minimum Gasteiger partial charge on any atom is -0.481 e. The van der Waals surface area contributed by atoms with Gasteiger partial charge in [0.05, 0.1) is 12.0 Å². The molecule has 4 atom stereocenters. The Kier molecular flexibility index (Phi) is 12.2. The highest BCUT2D eigenvalue weighted by Crippen LogP contribution is 2.50. The summed E-state index contributed by atoms with van der Waals surface area (Å²) in [5.41, 5.74) is 11.5. The second kappa shape index (κ2) is 13.5. The van der Waals surface area contributed by atoms with Crippen LogP contribution < -0.4 is 16.8 Å². The fourth-order valence-electron chi connectivity index (χ4n) is 4.24. The van der Waals surface area contributed by atoms with Gasteiger partial charge in [-0.2, -0.15) is 0 Å². The molecule has 0 saturated heterocycles. The standard InChI is InChI=1S/C21H42N3O5P/c1-15(2)12-17(21(26)27)14-30(28,29)19(13-16-8-4-3-5-9-16)24-20(25)18(23)10-6-7-11-22/h15-19H,3-14,22-23H2,1-2H3,(H,24,25)(H,26,27)(H,28,29). The summed E-state index contributed by atoms with van der Waals surface area (Å²) in [6, 6.07) is -0.767. The number of hydrogen-bond donors (Lipinski definition) is 5. The predicted molar refractivity (Wildman–Crippen MR) is 119 cm³/mol. The number of carbonyl (C=O) groups is 2. The van der Waals surface area contributed by atoms with Crippen LogP contribution in [0.4, 0.5) is 0 Å². The van der Waals surface area contributed by atoms with Crippen molar-refractivity contribution in [2.75, 3.05) is 12.7 Å². The highest BCUT2D eigenvalue weighted by Gasteiger charge is 2.39. The largest absolute Gasteiger partial charge is 0.481 e. The monoisotopic (exact) mass is 447 g/mol. The maximum Gasteiger partial charge on any atom is 0.307 e. The third kappa shape index (κ3) is 9.90. The van der Waals surface area contributed by atoms with Crippen molar-refractivity contribution in [3.63, 3.8) is 0 Å². The zero-order valence-electron chi connectivity index (χ0n) is 18.6. The summed E-state index contributed by atoms with van der Waals surface area (Å²) in [7, 11) is -3.95. The first-order valence-corrected chi connectivity index (χ1v) is 13.3. The molecule has 8 nitrogen and oxygen atoms in total. The maximum atomic E-state index is 13.3. The van der Waals surface area contributed by atoms with E-state index >= 15 is 0 Å². The first-order chi connectivity index (χ1) is 14.1. The van der Waals surface area contributed by atoms with Crippen LogP contribution in [0.2, 0.25) is 0 Å². The van der Waals surface area contributed by atoms with Crippen molar-refractivity contribution in [3.8, 4) is 0 Å². The molecule has 0 aromatic rings. The lowest BCUT2D eigenvalue weighted by Crippen LogP contribution is -2.46. The topological polar surface area (TPSA) is 156 Å². The molecule has 176 valence electrons. The van der Waals surface area contributed by atoms with Gasteiger partial charge < -0.3 is 26.8 Å². The summed E-state index contributed by atoms with van der Waals surface area (Å²) in [4.78, 5) is 35.2. The van der Waals surface area contributed by atoms with Crippen molar-refractivity contribution in [3.05, 3.63) is 0 Å². The number of carboxylic acid groups (broad SMARTS) is 1. The summed E-state index contributed by atoms with van der Waals surface area (Å²) in [6.45, 7) is 4.30. The Morgan fingerprint density at radius 1 is 1.17 bits per heavy atom. The van der Waals surface area contributed by atoms with Crippen molar-refractivity contribution in [2.45, 2.75) is 89.9 Å². The van der Waals surface area contributed by atoms with E-state index in [2.05, 4.69) is 5.32 Å². The number of carboxylic acids is 1. The SMILES string of the molecule is CC(C)CC(CP(=O)(O)C(CC1CCCCC1)NC(=O)C(N)CCCCN)C(=O)O. The lowest BCUT2D eigenvalue weighted by atomic mass is 9.87. The van der Waals surface area contributed by atoms with E-state index in [1.54, 1.807) is 0 Å². The molecule has 0 bridgehead atoms. The number of carbonyl (C=O) groups excluding carboxylic acids is 1. The van der Waals surface area contributed by atoms with Crippen molar-refractivity contribution >= 4 is 19.2 Å². The molecule has 7 N–H and O–H groups in total. The van der Waals surface area contributed by atoms with Gasteiger partial charge in [0.2, 0.25) is 13.3 Å². The van der Waals surface area contributed by atoms with Gasteiger partial charge in [-0.05, 0) is 44.1 Å². The van der Waals surface area contributed by atoms with Crippen LogP contribution >= 0.6 is 7.37 Å². The summed E-state index contributed by atoms with van der Waals surface area (Å²) >= 11 is 0. The Morgan fingerprint density at radius 2 is 1.80 bits per heavy atom. The molecule has 0 aromatic heterocycles. The minimum atomic E-state index is -3.95. The second-order valence-corrected chi connectivity index (χ2v) is 11.8. The van der Waals surface area contributed by atoms with Crippen LogP contribution in [0.1, 0.15) is 78.1 Å². The smallest absolute Gasteiger partial charge is 0.307 e. The normalized spacial score (nSPS) is 20.3. The number of aliphatic carboxylic acids is 1. The number of unbranched alkanes of at least 4 members (excludes halogenated alkanes) is 1. The average Bonchev–Trinajstić information content (AvgIpc) is 2.67. The molecule has 1 amide bonds. The van der Waals surface area contributed by atoms with E-state index < -0.39 is 37.0 Å². The lowest BCUT2D eigenvalue weighted by Gasteiger charge is -2.32. The zero-order chi connectivity index (χ0) is 22.7. The molecule has 1 fully saturated rings. The Bertz CT molecular complexity index is 581. The van der Waals surface area contributed by atoms with Crippen molar-refractivity contribution in [2.24, 2.45) is 29.2 Å². The number of rotatable bonds is 14. The molecule has 1 saturated carbocycles. The molecule has 30 heavy (non-hydrogen) atoms. The molecule has 0 aromatic carbocycles. The Morgan fingerprint density at radius 3 is 2.33 bits per heavy atom. The van der Waals surface area contributed by atoms with Crippen LogP contribution in [-0.2, 0) is 14.2 Å². The number of hydrogen-bond acceptors (Lipinski definition) is 5. The average molecular weight is 448 g/mol. The van der Waals surface area contributed by atoms with Gasteiger partial charge >= 0.3 is 5.97 Å². The van der Waals surface area contributed by atoms with Gasteiger partial charge in [-0.15, -0.1) is 0 Å². The quantitative estimate of drug-likeness (QED) is 0.202. The van der Waals surface area contributed by atoms with Crippen LogP contribution in [0.3, 0.4) is 0 Å². The number of nitrogens with two attached hydrogens (primary N) is 2. The van der Waals surface area contributed by atoms with Gasteiger partial charge in [-0.1, -0.05) is 52.4 Å². The number of nitrogens with one attached hydrogen (secondary N) is 1. The highest BCUT2D eigenvalue weighted by molar-refractivity contribution is 7.58. The van der Waals surface area contributed by atoms with E-state index in [0.717, 1.165) is 38.5 Å². The highest BCUT2D eigenvalue weighted by atomic mass is 31.2. The van der Waals surface area contributed by atoms with Gasteiger partial charge in [0.25, 0.3) is 0 Å². The Hall–Kier alpha value is -0.950. The summed E-state index contributed by atoms with van der Waals surface area (Å²) in [5, 5.41) is 12.3. The fraction of sp³-hybridized carbons (Fsp3) is 0.905. The third-order valence-electron chi connectivity index (χ3n) is 5.97. The van der Waals surface area contributed by atoms with Gasteiger partial charge in [-0.25, -0.2) is 0 Å². The second-order valence-electron chi connectivity index (χ2n) is 9.26. The van der Waals surface area contributed by atoms with E-state index in [9.17, 15) is 24.2 Å². The zero-order valence-corrected chi connectivity index (χ0v) is 19.5. The number of amides is 1. The Labute approximate surface area is 181 Å². The van der Waals surface area contributed by atoms with Gasteiger partial charge in [-0.3, -0.25) is 14.2 Å². The van der Waals surface area contributed by atoms with Crippen LogP contribution in [0.15, 0.2) is 0 Å². The molecule has 9 heteroatoms. The fourth-order valence-corrected chi connectivity index (χ4v) is 6.39. The van der Waals surface area contributed by atoms with Gasteiger partial charge in [0, 0.05) is 6.16 Å². The van der Waals surface area contributed by atoms with Crippen molar-refractivity contribution in [1.29, 1.82) is 0 Å². The van der Waals surface area contributed by atoms with Crippen LogP contribution in [0.25, 0.3) is 0 Å². The molecule has 1 rings (SSSR count). The lowest BCUT2D eigenvalue weighted by molar-refractivity contribution is -0.141. The van der Waals surface area contributed by atoms with Gasteiger partial charge in [0.1, 0.15) is 5.78 Å². The van der Waals surface area contributed by atoms with Crippen molar-refractivity contribution < 1.29 is 24.2 Å². The molecular weight excluding hydrogens is 405 g/mol. The minimum absolute atomic E-state index is 0.0912. The van der Waals surface area contributed by atoms with Crippen LogP contribution in [0.5, 0.6) is 0 Å². The van der Waals surface area contributed by atoms with E-state index in [0.29, 0.717) is 32.2 Å². The van der Waals surface area contributed by atoms with Crippen molar-refractivity contribution in [1.82, 2.24) is 5.32 Å². The maximum absolute atomic E-state index is 13.3. The molecule has 1 aliphatic rings. The Balaban J connectivity index is 2.92. The van der Waals surface area contributed by atoms with E-state index in [1.807, 2.05) is 13.8 Å². The van der Waals surface area contributed by atoms with E-state index in [-0.39, 0.29) is 18.0 Å². The summed E-state index contributed by atoms with van der Waals surface area (Å²) < 4.78 is 13.3. The molecule has 4 unspecified atom stereocenters. The first-order valence-electron chi connectivity index (χ1n) is 11.4. The van der Waals surface area contributed by atoms with E-state index in [4.69, 9.17) is 11.5 Å². The molecule has 0 heterocycles. The summed E-state index contributed by atoms with van der Waals surface area (Å²) in [6.07, 6.45) is 7.55. The molecule has 1 aliphatic carbocycles. The molecule has 0 radical (unpaired) electrons. The van der Waals surface area contributed by atoms with Gasteiger partial charge in [0.15, 0.2) is 0 Å². The van der Waals surface area contributed by atoms with E-state index in [1.165, 1.54) is 0 Å². The third-order valence-corrected chi connectivity index (χ3v) is 8.25. The molecule has 0 aliphatic heterocycles. The van der Waals surface area contributed by atoms with Crippen LogP contribution in [-0.4, -0.2) is 46.4 Å². The first kappa shape index (κ1) is 27.1. The predicted octanol–water partition coefficient (Wildman–Crippen LogP) is 2.87.